The van der Waals surface area contributed by atoms with Crippen molar-refractivity contribution in [2.24, 2.45) is 5.41 Å². The van der Waals surface area contributed by atoms with Gasteiger partial charge in [0.1, 0.15) is 0 Å². The average Bonchev–Trinajstić information content (AvgIpc) is 2.45. The fourth-order valence-corrected chi connectivity index (χ4v) is 4.30. The Morgan fingerprint density at radius 3 is 2.76 bits per heavy atom. The molecule has 2 aliphatic rings. The minimum atomic E-state index is -3.22. The quantitative estimate of drug-likeness (QED) is 0.782. The number of amides is 1. The first-order chi connectivity index (χ1) is 9.86. The van der Waals surface area contributed by atoms with E-state index in [9.17, 15) is 13.2 Å². The molecule has 2 heterocycles. The van der Waals surface area contributed by atoms with Crippen LogP contribution in [0.3, 0.4) is 0 Å². The van der Waals surface area contributed by atoms with Crippen LogP contribution in [0.15, 0.2) is 0 Å². The van der Waals surface area contributed by atoms with Crippen LogP contribution in [-0.4, -0.2) is 57.7 Å². The van der Waals surface area contributed by atoms with Gasteiger partial charge in [0.25, 0.3) is 0 Å². The van der Waals surface area contributed by atoms with Gasteiger partial charge in [-0.25, -0.2) is 13.1 Å². The second-order valence-electron chi connectivity index (χ2n) is 6.39. The highest BCUT2D eigenvalue weighted by atomic mass is 32.2. The number of likely N-dealkylation sites (tertiary alicyclic amines) is 1. The summed E-state index contributed by atoms with van der Waals surface area (Å²) < 4.78 is 25.4. The van der Waals surface area contributed by atoms with Crippen LogP contribution in [0.1, 0.15) is 39.0 Å². The molecular formula is C14H27N3O3S. The van der Waals surface area contributed by atoms with Gasteiger partial charge in [-0.15, -0.1) is 0 Å². The summed E-state index contributed by atoms with van der Waals surface area (Å²) in [5.74, 6) is 0.192. The molecule has 0 aliphatic carbocycles. The highest BCUT2D eigenvalue weighted by Crippen LogP contribution is 2.33. The lowest BCUT2D eigenvalue weighted by atomic mass is 9.76. The molecule has 122 valence electrons. The van der Waals surface area contributed by atoms with Crippen LogP contribution in [0.25, 0.3) is 0 Å². The van der Waals surface area contributed by atoms with Gasteiger partial charge in [0.2, 0.25) is 15.9 Å². The molecule has 2 aliphatic heterocycles. The first-order valence-electron chi connectivity index (χ1n) is 7.84. The van der Waals surface area contributed by atoms with E-state index >= 15 is 0 Å². The summed E-state index contributed by atoms with van der Waals surface area (Å²) in [6.07, 6.45) is 5.61. The lowest BCUT2D eigenvalue weighted by Crippen LogP contribution is -2.56. The number of hydrogen-bond acceptors (Lipinski definition) is 4. The molecule has 2 fully saturated rings. The topological polar surface area (TPSA) is 78.5 Å². The van der Waals surface area contributed by atoms with Crippen molar-refractivity contribution >= 4 is 15.9 Å². The number of sulfonamides is 1. The summed E-state index contributed by atoms with van der Waals surface area (Å²) >= 11 is 0. The van der Waals surface area contributed by atoms with Crippen LogP contribution in [0.5, 0.6) is 0 Å². The number of rotatable bonds is 4. The van der Waals surface area contributed by atoms with Gasteiger partial charge in [0.15, 0.2) is 0 Å². The maximum absolute atomic E-state index is 12.9. The summed E-state index contributed by atoms with van der Waals surface area (Å²) in [7, 11) is -3.22. The van der Waals surface area contributed by atoms with Crippen molar-refractivity contribution in [1.29, 1.82) is 0 Å². The highest BCUT2D eigenvalue weighted by Gasteiger charge is 2.41. The Hall–Kier alpha value is -0.660. The largest absolute Gasteiger partial charge is 0.341 e. The minimum absolute atomic E-state index is 0.150. The van der Waals surface area contributed by atoms with E-state index in [1.807, 2.05) is 4.90 Å². The monoisotopic (exact) mass is 317 g/mol. The predicted octanol–water partition coefficient (Wildman–Crippen LogP) is 0.306. The normalized spacial score (nSPS) is 31.1. The van der Waals surface area contributed by atoms with Crippen molar-refractivity contribution in [3.63, 3.8) is 0 Å². The third-order valence-corrected chi connectivity index (χ3v) is 5.45. The fraction of sp³-hybridized carbons (Fsp3) is 0.929. The van der Waals surface area contributed by atoms with E-state index in [2.05, 4.69) is 17.0 Å². The van der Waals surface area contributed by atoms with Gasteiger partial charge in [-0.05, 0) is 38.6 Å². The molecule has 0 spiro atoms. The fourth-order valence-electron chi connectivity index (χ4n) is 3.50. The van der Waals surface area contributed by atoms with Gasteiger partial charge >= 0.3 is 0 Å². The van der Waals surface area contributed by atoms with Crippen LogP contribution < -0.4 is 10.0 Å². The van der Waals surface area contributed by atoms with Crippen LogP contribution in [0.4, 0.5) is 0 Å². The first kappa shape index (κ1) is 16.7. The molecule has 0 aromatic carbocycles. The van der Waals surface area contributed by atoms with Crippen LogP contribution in [0, 0.1) is 5.41 Å². The summed E-state index contributed by atoms with van der Waals surface area (Å²) in [6.45, 7) is 5.02. The molecule has 7 heteroatoms. The van der Waals surface area contributed by atoms with Crippen molar-refractivity contribution in [3.05, 3.63) is 0 Å². The van der Waals surface area contributed by atoms with E-state index in [-0.39, 0.29) is 17.4 Å². The molecule has 0 aromatic rings. The Kier molecular flexibility index (Phi) is 5.27. The molecule has 0 bridgehead atoms. The summed E-state index contributed by atoms with van der Waals surface area (Å²) in [6, 6.07) is -0.150. The predicted molar refractivity (Wildman–Crippen MR) is 82.4 cm³/mol. The summed E-state index contributed by atoms with van der Waals surface area (Å²) in [5.41, 5.74) is -0.300. The molecule has 21 heavy (non-hydrogen) atoms. The smallest absolute Gasteiger partial charge is 0.230 e. The molecular weight excluding hydrogens is 290 g/mol. The first-order valence-corrected chi connectivity index (χ1v) is 9.73. The van der Waals surface area contributed by atoms with Gasteiger partial charge in [-0.1, -0.05) is 6.92 Å². The van der Waals surface area contributed by atoms with Gasteiger partial charge in [0, 0.05) is 25.7 Å². The van der Waals surface area contributed by atoms with Crippen molar-refractivity contribution in [1.82, 2.24) is 14.9 Å². The SMILES string of the molecule is CCC1(C(=O)N2CCCC(NS(C)(=O)=O)C2)CCCNC1. The number of carbonyl (C=O) groups is 1. The van der Waals surface area contributed by atoms with E-state index in [1.54, 1.807) is 0 Å². The molecule has 2 atom stereocenters. The molecule has 2 rings (SSSR count). The van der Waals surface area contributed by atoms with Crippen molar-refractivity contribution in [2.75, 3.05) is 32.4 Å². The van der Waals surface area contributed by atoms with Gasteiger partial charge in [-0.3, -0.25) is 4.79 Å². The van der Waals surface area contributed by atoms with Gasteiger partial charge in [0.05, 0.1) is 11.7 Å². The third-order valence-electron chi connectivity index (χ3n) is 4.69. The number of nitrogens with zero attached hydrogens (tertiary/aromatic N) is 1. The highest BCUT2D eigenvalue weighted by molar-refractivity contribution is 7.88. The standard InChI is InChI=1S/C14H27N3O3S/c1-3-14(7-5-8-15-11-14)13(18)17-9-4-6-12(10-17)16-21(2,19)20/h12,15-16H,3-11H2,1-2H3. The molecule has 6 nitrogen and oxygen atoms in total. The number of nitrogens with one attached hydrogen (secondary N) is 2. The average molecular weight is 317 g/mol. The van der Waals surface area contributed by atoms with Crippen molar-refractivity contribution in [3.8, 4) is 0 Å². The van der Waals surface area contributed by atoms with Gasteiger partial charge < -0.3 is 10.2 Å². The molecule has 2 unspecified atom stereocenters. The van der Waals surface area contributed by atoms with E-state index in [0.717, 1.165) is 51.7 Å². The van der Waals surface area contributed by atoms with E-state index in [1.165, 1.54) is 6.26 Å². The van der Waals surface area contributed by atoms with E-state index < -0.39 is 10.0 Å². The van der Waals surface area contributed by atoms with Crippen LogP contribution >= 0.6 is 0 Å². The van der Waals surface area contributed by atoms with Crippen LogP contribution in [0.2, 0.25) is 0 Å². The number of hydrogen-bond donors (Lipinski definition) is 2. The molecule has 0 radical (unpaired) electrons. The zero-order chi connectivity index (χ0) is 15.5. The Labute approximate surface area is 127 Å². The van der Waals surface area contributed by atoms with E-state index in [4.69, 9.17) is 0 Å². The maximum atomic E-state index is 12.9. The number of piperidine rings is 2. The van der Waals surface area contributed by atoms with Crippen LogP contribution in [-0.2, 0) is 14.8 Å². The third kappa shape index (κ3) is 4.17. The lowest BCUT2D eigenvalue weighted by molar-refractivity contribution is -0.145. The Morgan fingerprint density at radius 1 is 1.43 bits per heavy atom. The molecule has 0 saturated carbocycles. The Bertz CT molecular complexity index is 472. The number of carbonyl (C=O) groups excluding carboxylic acids is 1. The second-order valence-corrected chi connectivity index (χ2v) is 8.17. The lowest BCUT2D eigenvalue weighted by Gasteiger charge is -2.42. The molecule has 2 saturated heterocycles. The zero-order valence-corrected chi connectivity index (χ0v) is 13.8. The molecule has 2 N–H and O–H groups in total. The summed E-state index contributed by atoms with van der Waals surface area (Å²) in [4.78, 5) is 14.8. The van der Waals surface area contributed by atoms with Crippen molar-refractivity contribution in [2.45, 2.75) is 45.1 Å². The minimum Gasteiger partial charge on any atom is -0.341 e. The van der Waals surface area contributed by atoms with E-state index in [0.29, 0.717) is 6.54 Å². The maximum Gasteiger partial charge on any atom is 0.230 e. The Balaban J connectivity index is 2.04. The summed E-state index contributed by atoms with van der Waals surface area (Å²) in [5, 5.41) is 3.34. The molecule has 1 amide bonds. The zero-order valence-electron chi connectivity index (χ0n) is 13.0. The molecule has 0 aromatic heterocycles. The Morgan fingerprint density at radius 2 is 2.19 bits per heavy atom. The van der Waals surface area contributed by atoms with Crippen molar-refractivity contribution < 1.29 is 13.2 Å². The van der Waals surface area contributed by atoms with Gasteiger partial charge in [-0.2, -0.15) is 0 Å². The second kappa shape index (κ2) is 6.62.